The Bertz CT molecular complexity index is 422. The molecule has 0 aliphatic carbocycles. The maximum absolute atomic E-state index is 12.0. The van der Waals surface area contributed by atoms with Crippen molar-refractivity contribution in [3.8, 4) is 0 Å². The summed E-state index contributed by atoms with van der Waals surface area (Å²) >= 11 is 0. The van der Waals surface area contributed by atoms with Gasteiger partial charge in [-0.15, -0.1) is 5.17 Å². The van der Waals surface area contributed by atoms with E-state index in [4.69, 9.17) is 4.84 Å². The van der Waals surface area contributed by atoms with Crippen LogP contribution in [0, 0.1) is 0 Å². The number of carbonyl (C=O) groups is 2. The molecule has 1 aromatic carbocycles. The second-order valence-electron chi connectivity index (χ2n) is 3.99. The highest BCUT2D eigenvalue weighted by Crippen LogP contribution is 2.06. The van der Waals surface area contributed by atoms with Crippen LogP contribution < -0.4 is 5.32 Å². The standard InChI is InChI=1S/C13H19N3O3/c1-11(17)14-9-13(18)16(15(2)19-3)10-12-7-5-4-6-8-12/h4-8H,9-10H2,1-3H3,(H,14,17). The summed E-state index contributed by atoms with van der Waals surface area (Å²) in [6, 6.07) is 9.55. The van der Waals surface area contributed by atoms with Crippen molar-refractivity contribution >= 4 is 11.8 Å². The Morgan fingerprint density at radius 1 is 1.26 bits per heavy atom. The second kappa shape index (κ2) is 7.50. The largest absolute Gasteiger partial charge is 0.347 e. The van der Waals surface area contributed by atoms with Gasteiger partial charge in [-0.05, 0) is 5.56 Å². The molecule has 0 aromatic heterocycles. The van der Waals surface area contributed by atoms with E-state index in [9.17, 15) is 9.59 Å². The van der Waals surface area contributed by atoms with E-state index in [-0.39, 0.29) is 18.4 Å². The van der Waals surface area contributed by atoms with Gasteiger partial charge in [-0.3, -0.25) is 14.4 Å². The number of hydrogen-bond donors (Lipinski definition) is 1. The molecule has 1 rings (SSSR count). The summed E-state index contributed by atoms with van der Waals surface area (Å²) in [6.45, 7) is 1.69. The molecule has 104 valence electrons. The molecule has 1 N–H and O–H groups in total. The lowest BCUT2D eigenvalue weighted by atomic mass is 10.2. The van der Waals surface area contributed by atoms with Crippen molar-refractivity contribution in [2.75, 3.05) is 20.7 Å². The van der Waals surface area contributed by atoms with Gasteiger partial charge in [0.25, 0.3) is 5.91 Å². The van der Waals surface area contributed by atoms with Crippen LogP contribution in [0.25, 0.3) is 0 Å². The minimum atomic E-state index is -0.247. The van der Waals surface area contributed by atoms with Crippen LogP contribution in [-0.2, 0) is 21.0 Å². The van der Waals surface area contributed by atoms with Crippen LogP contribution in [0.15, 0.2) is 30.3 Å². The SMILES string of the molecule is CON(C)N(Cc1ccccc1)C(=O)CNC(C)=O. The van der Waals surface area contributed by atoms with Crippen molar-refractivity contribution in [3.05, 3.63) is 35.9 Å². The minimum absolute atomic E-state index is 0.0597. The molecule has 0 aliphatic heterocycles. The van der Waals surface area contributed by atoms with Gasteiger partial charge in [-0.2, -0.15) is 0 Å². The number of rotatable bonds is 6. The second-order valence-corrected chi connectivity index (χ2v) is 3.99. The first-order valence-electron chi connectivity index (χ1n) is 5.91. The molecular weight excluding hydrogens is 246 g/mol. The molecular formula is C13H19N3O3. The smallest absolute Gasteiger partial charge is 0.258 e. The molecule has 6 nitrogen and oxygen atoms in total. The first kappa shape index (κ1) is 15.1. The molecule has 6 heteroatoms. The zero-order valence-corrected chi connectivity index (χ0v) is 11.4. The van der Waals surface area contributed by atoms with Gasteiger partial charge in [-0.1, -0.05) is 30.3 Å². The number of carbonyl (C=O) groups excluding carboxylic acids is 2. The fourth-order valence-corrected chi connectivity index (χ4v) is 1.49. The van der Waals surface area contributed by atoms with Crippen LogP contribution in [0.3, 0.4) is 0 Å². The molecule has 0 fully saturated rings. The van der Waals surface area contributed by atoms with Crippen LogP contribution >= 0.6 is 0 Å². The molecule has 0 bridgehead atoms. The molecule has 0 saturated heterocycles. The molecule has 0 spiro atoms. The van der Waals surface area contributed by atoms with Crippen LogP contribution in [0.1, 0.15) is 12.5 Å². The summed E-state index contributed by atoms with van der Waals surface area (Å²) in [5, 5.41) is 5.24. The number of nitrogens with one attached hydrogen (secondary N) is 1. The lowest BCUT2D eigenvalue weighted by Crippen LogP contribution is -2.47. The van der Waals surface area contributed by atoms with Crippen LogP contribution in [0.4, 0.5) is 0 Å². The lowest BCUT2D eigenvalue weighted by Gasteiger charge is -2.29. The monoisotopic (exact) mass is 265 g/mol. The predicted octanol–water partition coefficient (Wildman–Crippen LogP) is 0.559. The van der Waals surface area contributed by atoms with E-state index >= 15 is 0 Å². The van der Waals surface area contributed by atoms with E-state index < -0.39 is 0 Å². The van der Waals surface area contributed by atoms with E-state index in [0.29, 0.717) is 6.54 Å². The van der Waals surface area contributed by atoms with Crippen molar-refractivity contribution in [3.63, 3.8) is 0 Å². The molecule has 0 aliphatic rings. The van der Waals surface area contributed by atoms with Crippen LogP contribution in [-0.4, -0.2) is 42.7 Å². The summed E-state index contributed by atoms with van der Waals surface area (Å²) in [6.07, 6.45) is 0. The van der Waals surface area contributed by atoms with Crippen molar-refractivity contribution < 1.29 is 14.4 Å². The van der Waals surface area contributed by atoms with E-state index in [2.05, 4.69) is 5.32 Å². The van der Waals surface area contributed by atoms with Gasteiger partial charge < -0.3 is 5.32 Å². The van der Waals surface area contributed by atoms with Gasteiger partial charge >= 0.3 is 0 Å². The molecule has 0 radical (unpaired) electrons. The van der Waals surface area contributed by atoms with Crippen molar-refractivity contribution in [1.82, 2.24) is 15.5 Å². The third kappa shape index (κ3) is 5.07. The average molecular weight is 265 g/mol. The van der Waals surface area contributed by atoms with E-state index in [1.807, 2.05) is 30.3 Å². The fourth-order valence-electron chi connectivity index (χ4n) is 1.49. The number of hydroxylamine groups is 1. The van der Waals surface area contributed by atoms with Gasteiger partial charge in [0.15, 0.2) is 0 Å². The average Bonchev–Trinajstić information content (AvgIpc) is 2.42. The first-order chi connectivity index (χ1) is 9.04. The summed E-state index contributed by atoms with van der Waals surface area (Å²) in [7, 11) is 3.11. The summed E-state index contributed by atoms with van der Waals surface area (Å²) in [5.74, 6) is -0.489. The number of hydrogen-bond acceptors (Lipinski definition) is 4. The summed E-state index contributed by atoms with van der Waals surface area (Å²) < 4.78 is 0. The summed E-state index contributed by atoms with van der Waals surface area (Å²) in [4.78, 5) is 27.9. The van der Waals surface area contributed by atoms with Gasteiger partial charge in [-0.25, -0.2) is 5.01 Å². The molecule has 19 heavy (non-hydrogen) atoms. The zero-order chi connectivity index (χ0) is 14.3. The highest BCUT2D eigenvalue weighted by Gasteiger charge is 2.18. The lowest BCUT2D eigenvalue weighted by molar-refractivity contribution is -0.247. The van der Waals surface area contributed by atoms with Crippen LogP contribution in [0.2, 0.25) is 0 Å². The number of hydrazine groups is 1. The first-order valence-corrected chi connectivity index (χ1v) is 5.91. The summed E-state index contributed by atoms with van der Waals surface area (Å²) in [5.41, 5.74) is 0.975. The Kier molecular flexibility index (Phi) is 5.98. The maximum atomic E-state index is 12.0. The Hall–Kier alpha value is -1.92. The highest BCUT2D eigenvalue weighted by atomic mass is 16.7. The Balaban J connectivity index is 2.71. The topological polar surface area (TPSA) is 61.9 Å². The van der Waals surface area contributed by atoms with Gasteiger partial charge in [0.1, 0.15) is 0 Å². The van der Waals surface area contributed by atoms with Gasteiger partial charge in [0.2, 0.25) is 5.91 Å². The molecule has 0 unspecified atom stereocenters. The zero-order valence-electron chi connectivity index (χ0n) is 11.4. The van der Waals surface area contributed by atoms with E-state index in [1.165, 1.54) is 24.2 Å². The normalized spacial score (nSPS) is 10.3. The van der Waals surface area contributed by atoms with E-state index in [0.717, 1.165) is 5.56 Å². The molecule has 0 saturated carbocycles. The highest BCUT2D eigenvalue weighted by molar-refractivity contribution is 5.83. The van der Waals surface area contributed by atoms with Crippen molar-refractivity contribution in [2.24, 2.45) is 0 Å². The molecule has 0 heterocycles. The van der Waals surface area contributed by atoms with Gasteiger partial charge in [0.05, 0.1) is 20.2 Å². The third-order valence-electron chi connectivity index (χ3n) is 2.56. The molecule has 1 aromatic rings. The van der Waals surface area contributed by atoms with Crippen molar-refractivity contribution in [2.45, 2.75) is 13.5 Å². The number of benzene rings is 1. The Morgan fingerprint density at radius 2 is 1.89 bits per heavy atom. The van der Waals surface area contributed by atoms with Crippen LogP contribution in [0.5, 0.6) is 0 Å². The third-order valence-corrected chi connectivity index (χ3v) is 2.56. The number of nitrogens with zero attached hydrogens (tertiary/aromatic N) is 2. The predicted molar refractivity (Wildman–Crippen MR) is 70.4 cm³/mol. The Labute approximate surface area is 112 Å². The van der Waals surface area contributed by atoms with Gasteiger partial charge in [0, 0.05) is 14.0 Å². The minimum Gasteiger partial charge on any atom is -0.347 e. The maximum Gasteiger partial charge on any atom is 0.258 e. The fraction of sp³-hybridized carbons (Fsp3) is 0.385. The Morgan fingerprint density at radius 3 is 2.42 bits per heavy atom. The quantitative estimate of drug-likeness (QED) is 0.763. The van der Waals surface area contributed by atoms with E-state index in [1.54, 1.807) is 7.05 Å². The number of amides is 2. The molecule has 0 atom stereocenters. The molecule has 2 amide bonds. The van der Waals surface area contributed by atoms with Crippen molar-refractivity contribution in [1.29, 1.82) is 0 Å².